The van der Waals surface area contributed by atoms with Crippen LogP contribution in [-0.2, 0) is 5.41 Å². The molecule has 0 aliphatic heterocycles. The van der Waals surface area contributed by atoms with E-state index in [0.29, 0.717) is 10.8 Å². The van der Waals surface area contributed by atoms with E-state index in [1.165, 1.54) is 30.6 Å². The Balaban J connectivity index is 2.24. The van der Waals surface area contributed by atoms with Crippen molar-refractivity contribution in [2.24, 2.45) is 5.92 Å². The average Bonchev–Trinajstić information content (AvgIpc) is 2.84. The van der Waals surface area contributed by atoms with Crippen molar-refractivity contribution in [1.82, 2.24) is 4.98 Å². The smallest absolute Gasteiger partial charge is 0.347 e. The highest BCUT2D eigenvalue weighted by molar-refractivity contribution is 7.13. The molecule has 112 valence electrons. The van der Waals surface area contributed by atoms with Crippen LogP contribution in [0, 0.1) is 5.92 Å². The zero-order valence-electron chi connectivity index (χ0n) is 12.9. The highest BCUT2D eigenvalue weighted by atomic mass is 32.1. The van der Waals surface area contributed by atoms with Crippen molar-refractivity contribution in [2.75, 3.05) is 0 Å². The number of carbonyl (C=O) groups is 1. The zero-order valence-corrected chi connectivity index (χ0v) is 13.7. The van der Waals surface area contributed by atoms with Crippen LogP contribution >= 0.6 is 11.3 Å². The highest BCUT2D eigenvalue weighted by Gasteiger charge is 2.30. The van der Waals surface area contributed by atoms with E-state index in [1.807, 2.05) is 20.8 Å². The molecule has 0 bridgehead atoms. The normalized spacial score (nSPS) is 23.8. The van der Waals surface area contributed by atoms with Gasteiger partial charge in [-0.15, -0.1) is 11.3 Å². The van der Waals surface area contributed by atoms with Gasteiger partial charge in [-0.05, 0) is 31.6 Å². The summed E-state index contributed by atoms with van der Waals surface area (Å²) in [6.07, 6.45) is 6.10. The molecule has 0 radical (unpaired) electrons. The van der Waals surface area contributed by atoms with E-state index in [9.17, 15) is 9.90 Å². The second kappa shape index (κ2) is 5.84. The van der Waals surface area contributed by atoms with Crippen LogP contribution in [0.15, 0.2) is 0 Å². The Morgan fingerprint density at radius 2 is 1.90 bits per heavy atom. The first-order valence-corrected chi connectivity index (χ1v) is 8.39. The molecule has 1 aliphatic rings. The molecule has 0 atom stereocenters. The van der Waals surface area contributed by atoms with Gasteiger partial charge in [0.15, 0.2) is 0 Å². The monoisotopic (exact) mass is 295 g/mol. The third-order valence-electron chi connectivity index (χ3n) is 4.32. The lowest BCUT2D eigenvalue weighted by atomic mass is 9.81. The number of hydrogen-bond acceptors (Lipinski definition) is 3. The summed E-state index contributed by atoms with van der Waals surface area (Å²) in [4.78, 5) is 16.6. The van der Waals surface area contributed by atoms with Gasteiger partial charge < -0.3 is 5.11 Å². The van der Waals surface area contributed by atoms with E-state index >= 15 is 0 Å². The lowest BCUT2D eigenvalue weighted by molar-refractivity contribution is 0.0699. The van der Waals surface area contributed by atoms with Gasteiger partial charge in [0.1, 0.15) is 4.88 Å². The molecule has 0 unspecified atom stereocenters. The Morgan fingerprint density at radius 1 is 1.30 bits per heavy atom. The van der Waals surface area contributed by atoms with Crippen LogP contribution in [0.2, 0.25) is 0 Å². The summed E-state index contributed by atoms with van der Waals surface area (Å²) >= 11 is 1.40. The van der Waals surface area contributed by atoms with Gasteiger partial charge in [0.2, 0.25) is 0 Å². The molecule has 1 aliphatic carbocycles. The summed E-state index contributed by atoms with van der Waals surface area (Å²) in [7, 11) is 0. The van der Waals surface area contributed by atoms with Gasteiger partial charge in [0.05, 0.1) is 10.7 Å². The van der Waals surface area contributed by atoms with Gasteiger partial charge >= 0.3 is 5.97 Å². The Kier molecular flexibility index (Phi) is 4.52. The summed E-state index contributed by atoms with van der Waals surface area (Å²) in [5.41, 5.74) is 0.547. The van der Waals surface area contributed by atoms with Crippen molar-refractivity contribution in [1.29, 1.82) is 0 Å². The van der Waals surface area contributed by atoms with Gasteiger partial charge in [0.25, 0.3) is 0 Å². The first-order chi connectivity index (χ1) is 9.32. The minimum atomic E-state index is -0.832. The van der Waals surface area contributed by atoms with Gasteiger partial charge in [0, 0.05) is 11.3 Å². The third kappa shape index (κ3) is 3.22. The van der Waals surface area contributed by atoms with Crippen LogP contribution in [0.3, 0.4) is 0 Å². The molecule has 1 N–H and O–H groups in total. The standard InChI is InChI=1S/C16H25NO2S/c1-5-10-6-8-11(9-7-10)14-17-13(16(2,3)4)12(20-14)15(18)19/h10-11H,5-9H2,1-4H3,(H,18,19). The molecule has 1 saturated carbocycles. The van der Waals surface area contributed by atoms with Gasteiger partial charge in [-0.25, -0.2) is 9.78 Å². The van der Waals surface area contributed by atoms with Crippen LogP contribution in [0.5, 0.6) is 0 Å². The number of aromatic nitrogens is 1. The Labute approximate surface area is 125 Å². The lowest BCUT2D eigenvalue weighted by Gasteiger charge is -2.26. The highest BCUT2D eigenvalue weighted by Crippen LogP contribution is 2.40. The number of nitrogens with zero attached hydrogens (tertiary/aromatic N) is 1. The molecule has 1 heterocycles. The van der Waals surface area contributed by atoms with Crippen LogP contribution in [0.4, 0.5) is 0 Å². The first-order valence-electron chi connectivity index (χ1n) is 7.57. The maximum atomic E-state index is 11.4. The molecule has 0 spiro atoms. The van der Waals surface area contributed by atoms with Crippen LogP contribution in [-0.4, -0.2) is 16.1 Å². The Hall–Kier alpha value is -0.900. The van der Waals surface area contributed by atoms with Crippen LogP contribution in [0.25, 0.3) is 0 Å². The van der Waals surface area contributed by atoms with Crippen molar-refractivity contribution < 1.29 is 9.90 Å². The van der Waals surface area contributed by atoms with E-state index in [0.717, 1.165) is 29.5 Å². The summed E-state index contributed by atoms with van der Waals surface area (Å²) < 4.78 is 0. The number of thiazole rings is 1. The maximum Gasteiger partial charge on any atom is 0.347 e. The quantitative estimate of drug-likeness (QED) is 0.869. The molecule has 0 saturated heterocycles. The average molecular weight is 295 g/mol. The second-order valence-corrected chi connectivity index (χ2v) is 7.94. The summed E-state index contributed by atoms with van der Waals surface area (Å²) in [6, 6.07) is 0. The molecular weight excluding hydrogens is 270 g/mol. The van der Waals surface area contributed by atoms with Crippen LogP contribution in [0.1, 0.15) is 86.1 Å². The molecule has 2 rings (SSSR count). The van der Waals surface area contributed by atoms with E-state index in [-0.39, 0.29) is 5.41 Å². The fourth-order valence-electron chi connectivity index (χ4n) is 2.98. The molecular formula is C16H25NO2S. The van der Waals surface area contributed by atoms with Crippen molar-refractivity contribution >= 4 is 17.3 Å². The maximum absolute atomic E-state index is 11.4. The predicted octanol–water partition coefficient (Wildman–Crippen LogP) is 4.82. The number of carboxylic acid groups (broad SMARTS) is 1. The number of hydrogen-bond donors (Lipinski definition) is 1. The van der Waals surface area contributed by atoms with Gasteiger partial charge in [-0.1, -0.05) is 34.1 Å². The second-order valence-electron chi connectivity index (χ2n) is 6.91. The van der Waals surface area contributed by atoms with Crippen molar-refractivity contribution in [3.63, 3.8) is 0 Å². The van der Waals surface area contributed by atoms with Crippen molar-refractivity contribution in [3.05, 3.63) is 15.6 Å². The third-order valence-corrected chi connectivity index (χ3v) is 5.53. The van der Waals surface area contributed by atoms with Crippen molar-refractivity contribution in [3.8, 4) is 0 Å². The number of aromatic carboxylic acids is 1. The molecule has 4 heteroatoms. The van der Waals surface area contributed by atoms with E-state index in [1.54, 1.807) is 0 Å². The fourth-order valence-corrected chi connectivity index (χ4v) is 4.27. The SMILES string of the molecule is CCC1CCC(c2nc(C(C)(C)C)c(C(=O)O)s2)CC1. The molecule has 20 heavy (non-hydrogen) atoms. The minimum absolute atomic E-state index is 0.205. The van der Waals surface area contributed by atoms with E-state index < -0.39 is 5.97 Å². The summed E-state index contributed by atoms with van der Waals surface area (Å²) in [5, 5.41) is 10.4. The molecule has 3 nitrogen and oxygen atoms in total. The summed E-state index contributed by atoms with van der Waals surface area (Å²) in [5.74, 6) is 0.491. The molecule has 1 aromatic heterocycles. The Bertz CT molecular complexity index is 479. The predicted molar refractivity (Wildman–Crippen MR) is 82.8 cm³/mol. The topological polar surface area (TPSA) is 50.2 Å². The van der Waals surface area contributed by atoms with Crippen LogP contribution < -0.4 is 0 Å². The minimum Gasteiger partial charge on any atom is -0.477 e. The van der Waals surface area contributed by atoms with E-state index in [2.05, 4.69) is 6.92 Å². The van der Waals surface area contributed by atoms with Crippen molar-refractivity contribution in [2.45, 2.75) is 71.1 Å². The number of carboxylic acids is 1. The summed E-state index contributed by atoms with van der Waals surface area (Å²) in [6.45, 7) is 8.36. The molecule has 1 aromatic rings. The van der Waals surface area contributed by atoms with Gasteiger partial charge in [-0.3, -0.25) is 0 Å². The Morgan fingerprint density at radius 3 is 2.30 bits per heavy atom. The van der Waals surface area contributed by atoms with Gasteiger partial charge in [-0.2, -0.15) is 0 Å². The zero-order chi connectivity index (χ0) is 14.9. The fraction of sp³-hybridized carbons (Fsp3) is 0.750. The molecule has 0 amide bonds. The largest absolute Gasteiger partial charge is 0.477 e. The molecule has 1 fully saturated rings. The number of rotatable bonds is 3. The molecule has 0 aromatic carbocycles. The lowest BCUT2D eigenvalue weighted by Crippen LogP contribution is -2.17. The van der Waals surface area contributed by atoms with E-state index in [4.69, 9.17) is 4.98 Å². The first kappa shape index (κ1) is 15.5.